The predicted molar refractivity (Wildman–Crippen MR) is 64.0 cm³/mol. The lowest BCUT2D eigenvalue weighted by atomic mass is 10.5. The summed E-state index contributed by atoms with van der Waals surface area (Å²) in [5.41, 5.74) is 0. The molecule has 1 rings (SSSR count). The Morgan fingerprint density at radius 2 is 2.31 bits per heavy atom. The molecular formula is C8H11ClN2S2. The van der Waals surface area contributed by atoms with E-state index in [2.05, 4.69) is 17.5 Å². The molecule has 13 heavy (non-hydrogen) atoms. The summed E-state index contributed by atoms with van der Waals surface area (Å²) in [5.74, 6) is 0.562. The minimum atomic E-state index is 0.562. The molecule has 0 aliphatic carbocycles. The normalized spacial score (nSPS) is 16.2. The van der Waals surface area contributed by atoms with E-state index in [-0.39, 0.29) is 0 Å². The average Bonchev–Trinajstić information content (AvgIpc) is 2.53. The molecule has 0 bridgehead atoms. The maximum atomic E-state index is 5.50. The van der Waals surface area contributed by atoms with E-state index in [9.17, 15) is 0 Å². The summed E-state index contributed by atoms with van der Waals surface area (Å²) >= 11 is 14.5. The maximum absolute atomic E-state index is 5.50. The Balaban J connectivity index is 2.30. The van der Waals surface area contributed by atoms with Crippen molar-refractivity contribution in [3.05, 3.63) is 24.6 Å². The highest BCUT2D eigenvalue weighted by Gasteiger charge is 2.11. The van der Waals surface area contributed by atoms with E-state index in [0.29, 0.717) is 10.2 Å². The summed E-state index contributed by atoms with van der Waals surface area (Å²) < 4.78 is 0.597. The van der Waals surface area contributed by atoms with Gasteiger partial charge in [0.1, 0.15) is 4.32 Å². The molecule has 0 aromatic heterocycles. The lowest BCUT2D eigenvalue weighted by molar-refractivity contribution is 0.364. The zero-order chi connectivity index (χ0) is 9.68. The topological polar surface area (TPSA) is 6.48 Å². The van der Waals surface area contributed by atoms with Crippen molar-refractivity contribution in [2.75, 3.05) is 19.1 Å². The molecule has 72 valence electrons. The quantitative estimate of drug-likeness (QED) is 0.346. The second kappa shape index (κ2) is 5.52. The van der Waals surface area contributed by atoms with Gasteiger partial charge in [0.15, 0.2) is 0 Å². The number of nitrogens with zero attached hydrogens (tertiary/aromatic N) is 2. The van der Waals surface area contributed by atoms with Crippen LogP contribution >= 0.6 is 36.4 Å². The van der Waals surface area contributed by atoms with E-state index < -0.39 is 0 Å². The van der Waals surface area contributed by atoms with Crippen molar-refractivity contribution in [1.29, 1.82) is 0 Å². The molecule has 0 saturated carbocycles. The van der Waals surface area contributed by atoms with Gasteiger partial charge in [-0.05, 0) is 0 Å². The SMILES string of the molecule is S=C(S)N1C=CN(CC=CCCl)C1. The van der Waals surface area contributed by atoms with E-state index in [4.69, 9.17) is 23.8 Å². The number of thiocarbonyl (C=S) groups is 1. The van der Waals surface area contributed by atoms with Crippen LogP contribution in [0.5, 0.6) is 0 Å². The fourth-order valence-corrected chi connectivity index (χ4v) is 1.35. The summed E-state index contributed by atoms with van der Waals surface area (Å²) in [4.78, 5) is 4.01. The Morgan fingerprint density at radius 1 is 1.54 bits per heavy atom. The Hall–Kier alpha value is -0.190. The molecular weight excluding hydrogens is 224 g/mol. The minimum absolute atomic E-state index is 0.562. The Morgan fingerprint density at radius 3 is 2.85 bits per heavy atom. The summed E-state index contributed by atoms with van der Waals surface area (Å²) in [6.07, 6.45) is 7.87. The number of rotatable bonds is 3. The number of hydrogen-bond acceptors (Lipinski definition) is 2. The van der Waals surface area contributed by atoms with Crippen LogP contribution in [0.3, 0.4) is 0 Å². The first-order valence-electron chi connectivity index (χ1n) is 3.87. The molecule has 0 aromatic rings. The van der Waals surface area contributed by atoms with Gasteiger partial charge >= 0.3 is 0 Å². The third-order valence-corrected chi connectivity index (χ3v) is 2.30. The Labute approximate surface area is 94.2 Å². The molecule has 0 N–H and O–H groups in total. The van der Waals surface area contributed by atoms with Crippen molar-refractivity contribution in [3.63, 3.8) is 0 Å². The van der Waals surface area contributed by atoms with E-state index in [1.54, 1.807) is 0 Å². The molecule has 0 amide bonds. The highest BCUT2D eigenvalue weighted by atomic mass is 35.5. The first-order chi connectivity index (χ1) is 6.24. The van der Waals surface area contributed by atoms with Crippen LogP contribution in [0.4, 0.5) is 0 Å². The minimum Gasteiger partial charge on any atom is -0.354 e. The molecule has 0 fully saturated rings. The highest BCUT2D eigenvalue weighted by molar-refractivity contribution is 8.10. The monoisotopic (exact) mass is 234 g/mol. The van der Waals surface area contributed by atoms with Crippen molar-refractivity contribution in [2.45, 2.75) is 0 Å². The van der Waals surface area contributed by atoms with Gasteiger partial charge in [0, 0.05) is 24.8 Å². The van der Waals surface area contributed by atoms with Crippen LogP contribution in [0.25, 0.3) is 0 Å². The first-order valence-corrected chi connectivity index (χ1v) is 5.26. The Bertz CT molecular complexity index is 240. The molecule has 1 aliphatic heterocycles. The van der Waals surface area contributed by atoms with Gasteiger partial charge in [0.2, 0.25) is 0 Å². The van der Waals surface area contributed by atoms with Crippen molar-refractivity contribution in [2.24, 2.45) is 0 Å². The van der Waals surface area contributed by atoms with Gasteiger partial charge in [-0.15, -0.1) is 24.2 Å². The molecule has 0 unspecified atom stereocenters. The number of thiol groups is 1. The highest BCUT2D eigenvalue weighted by Crippen LogP contribution is 2.08. The van der Waals surface area contributed by atoms with Crippen LogP contribution < -0.4 is 0 Å². The summed E-state index contributed by atoms with van der Waals surface area (Å²) in [6, 6.07) is 0. The first kappa shape index (κ1) is 10.9. The zero-order valence-corrected chi connectivity index (χ0v) is 9.53. The van der Waals surface area contributed by atoms with E-state index in [1.165, 1.54) is 0 Å². The largest absolute Gasteiger partial charge is 0.354 e. The van der Waals surface area contributed by atoms with Crippen molar-refractivity contribution >= 4 is 40.8 Å². The smallest absolute Gasteiger partial charge is 0.138 e. The second-order valence-electron chi connectivity index (χ2n) is 2.59. The maximum Gasteiger partial charge on any atom is 0.138 e. The number of hydrogen-bond donors (Lipinski definition) is 1. The van der Waals surface area contributed by atoms with Crippen molar-refractivity contribution in [3.8, 4) is 0 Å². The number of alkyl halides is 1. The molecule has 5 heteroatoms. The molecule has 0 saturated heterocycles. The summed E-state index contributed by atoms with van der Waals surface area (Å²) in [7, 11) is 0. The zero-order valence-electron chi connectivity index (χ0n) is 7.06. The average molecular weight is 235 g/mol. The van der Waals surface area contributed by atoms with Crippen LogP contribution in [0.15, 0.2) is 24.6 Å². The molecule has 0 radical (unpaired) electrons. The van der Waals surface area contributed by atoms with E-state index in [0.717, 1.165) is 13.2 Å². The molecule has 1 heterocycles. The molecule has 0 atom stereocenters. The standard InChI is InChI=1S/C8H11ClN2S2/c9-3-1-2-4-10-5-6-11(7-10)8(12)13/h1-2,5-6H,3-4,7H2,(H,12,13). The number of halogens is 1. The number of allylic oxidation sites excluding steroid dienone is 1. The third kappa shape index (κ3) is 3.58. The van der Waals surface area contributed by atoms with Crippen LogP contribution in [0.1, 0.15) is 0 Å². The van der Waals surface area contributed by atoms with Crippen LogP contribution in [0.2, 0.25) is 0 Å². The fourth-order valence-electron chi connectivity index (χ4n) is 0.981. The summed E-state index contributed by atoms with van der Waals surface area (Å²) in [5, 5.41) is 0. The van der Waals surface area contributed by atoms with Crippen molar-refractivity contribution < 1.29 is 0 Å². The van der Waals surface area contributed by atoms with Gasteiger partial charge in [-0.2, -0.15) is 0 Å². The van der Waals surface area contributed by atoms with Crippen LogP contribution in [-0.4, -0.2) is 33.2 Å². The van der Waals surface area contributed by atoms with Gasteiger partial charge in [-0.3, -0.25) is 0 Å². The van der Waals surface area contributed by atoms with E-state index >= 15 is 0 Å². The van der Waals surface area contributed by atoms with Crippen LogP contribution in [0, 0.1) is 0 Å². The molecule has 2 nitrogen and oxygen atoms in total. The van der Waals surface area contributed by atoms with E-state index in [1.807, 2.05) is 29.5 Å². The molecule has 0 spiro atoms. The van der Waals surface area contributed by atoms with Crippen LogP contribution in [-0.2, 0) is 0 Å². The third-order valence-electron chi connectivity index (χ3n) is 1.63. The lowest BCUT2D eigenvalue weighted by Gasteiger charge is -2.17. The molecule has 0 aromatic carbocycles. The van der Waals surface area contributed by atoms with Gasteiger partial charge < -0.3 is 9.80 Å². The van der Waals surface area contributed by atoms with Gasteiger partial charge in [-0.1, -0.05) is 24.4 Å². The molecule has 1 aliphatic rings. The van der Waals surface area contributed by atoms with Gasteiger partial charge in [0.05, 0.1) is 6.67 Å². The fraction of sp³-hybridized carbons (Fsp3) is 0.375. The predicted octanol–water partition coefficient (Wildman–Crippen LogP) is 2.04. The lowest BCUT2D eigenvalue weighted by Crippen LogP contribution is -2.26. The summed E-state index contributed by atoms with van der Waals surface area (Å²) in [6.45, 7) is 1.63. The second-order valence-corrected chi connectivity index (χ2v) is 4.01. The Kier molecular flexibility index (Phi) is 4.62. The van der Waals surface area contributed by atoms with Gasteiger partial charge in [-0.25, -0.2) is 0 Å². The van der Waals surface area contributed by atoms with Crippen molar-refractivity contribution in [1.82, 2.24) is 9.80 Å². The van der Waals surface area contributed by atoms with Gasteiger partial charge in [0.25, 0.3) is 0 Å².